The predicted octanol–water partition coefficient (Wildman–Crippen LogP) is 2.87. The molecule has 9 nitrogen and oxygen atoms in total. The molecule has 31 heavy (non-hydrogen) atoms. The Labute approximate surface area is 179 Å². The van der Waals surface area contributed by atoms with Gasteiger partial charge in [0.1, 0.15) is 19.8 Å². The largest absolute Gasteiger partial charge is 0.486 e. The third-order valence-electron chi connectivity index (χ3n) is 4.95. The maximum Gasteiger partial charge on any atom is 0.278 e. The van der Waals surface area contributed by atoms with E-state index in [1.165, 1.54) is 4.68 Å². The highest BCUT2D eigenvalue weighted by Crippen LogP contribution is 2.32. The number of ether oxygens (including phenoxy) is 2. The molecule has 0 radical (unpaired) electrons. The van der Waals surface area contributed by atoms with Gasteiger partial charge in [0, 0.05) is 17.4 Å². The molecule has 3 aromatic rings. The summed E-state index contributed by atoms with van der Waals surface area (Å²) in [6, 6.07) is 11.0. The number of amides is 2. The minimum atomic E-state index is -0.372. The summed E-state index contributed by atoms with van der Waals surface area (Å²) in [6.45, 7) is 6.51. The number of aromatic nitrogens is 3. The number of aryl methyl sites for hydroxylation is 2. The van der Waals surface area contributed by atoms with Crippen molar-refractivity contribution in [2.75, 3.05) is 23.8 Å². The van der Waals surface area contributed by atoms with Crippen molar-refractivity contribution in [1.29, 1.82) is 0 Å². The zero-order valence-corrected chi connectivity index (χ0v) is 17.6. The molecule has 2 aromatic carbocycles. The molecular formula is C22H23N5O4. The van der Waals surface area contributed by atoms with E-state index in [1.807, 2.05) is 32.0 Å². The predicted molar refractivity (Wildman–Crippen MR) is 115 cm³/mol. The number of anilines is 2. The Bertz CT molecular complexity index is 1150. The molecule has 4 rings (SSSR count). The summed E-state index contributed by atoms with van der Waals surface area (Å²) in [4.78, 5) is 25.1. The number of fused-ring (bicyclic) bond motifs is 1. The molecule has 2 N–H and O–H groups in total. The number of nitrogens with one attached hydrogen (secondary N) is 2. The van der Waals surface area contributed by atoms with Gasteiger partial charge in [-0.2, -0.15) is 0 Å². The first kappa shape index (κ1) is 20.4. The molecule has 0 atom stereocenters. The summed E-state index contributed by atoms with van der Waals surface area (Å²) in [7, 11) is 0. The van der Waals surface area contributed by atoms with E-state index in [0.29, 0.717) is 41.8 Å². The van der Waals surface area contributed by atoms with Crippen LogP contribution in [0, 0.1) is 20.8 Å². The smallest absolute Gasteiger partial charge is 0.278 e. The number of rotatable bonds is 5. The van der Waals surface area contributed by atoms with Gasteiger partial charge in [0.05, 0.1) is 5.69 Å². The Balaban J connectivity index is 1.42. The summed E-state index contributed by atoms with van der Waals surface area (Å²) in [6.07, 6.45) is 0. The first-order chi connectivity index (χ1) is 14.9. The van der Waals surface area contributed by atoms with Crippen LogP contribution in [-0.2, 0) is 11.3 Å². The third-order valence-corrected chi connectivity index (χ3v) is 4.95. The van der Waals surface area contributed by atoms with Crippen LogP contribution in [0.1, 0.15) is 27.3 Å². The van der Waals surface area contributed by atoms with E-state index in [-0.39, 0.29) is 24.1 Å². The van der Waals surface area contributed by atoms with Crippen LogP contribution in [0.4, 0.5) is 11.4 Å². The van der Waals surface area contributed by atoms with E-state index in [1.54, 1.807) is 25.1 Å². The molecule has 1 aliphatic heterocycles. The van der Waals surface area contributed by atoms with Crippen molar-refractivity contribution in [3.63, 3.8) is 0 Å². The van der Waals surface area contributed by atoms with Crippen molar-refractivity contribution >= 4 is 23.2 Å². The van der Waals surface area contributed by atoms with Crippen molar-refractivity contribution in [2.45, 2.75) is 27.3 Å². The minimum absolute atomic E-state index is 0.0793. The van der Waals surface area contributed by atoms with Gasteiger partial charge in [0.25, 0.3) is 5.91 Å². The van der Waals surface area contributed by atoms with Crippen molar-refractivity contribution in [3.05, 3.63) is 58.9 Å². The molecule has 2 amide bonds. The monoisotopic (exact) mass is 421 g/mol. The molecule has 1 aliphatic rings. The Morgan fingerprint density at radius 1 is 1.00 bits per heavy atom. The van der Waals surface area contributed by atoms with Crippen molar-refractivity contribution in [3.8, 4) is 11.5 Å². The molecular weight excluding hydrogens is 398 g/mol. The Morgan fingerprint density at radius 3 is 2.55 bits per heavy atom. The Morgan fingerprint density at radius 2 is 1.77 bits per heavy atom. The van der Waals surface area contributed by atoms with Crippen LogP contribution in [0.5, 0.6) is 11.5 Å². The van der Waals surface area contributed by atoms with E-state index in [0.717, 1.165) is 11.1 Å². The van der Waals surface area contributed by atoms with E-state index in [9.17, 15) is 9.59 Å². The van der Waals surface area contributed by atoms with Gasteiger partial charge in [-0.1, -0.05) is 22.9 Å². The van der Waals surface area contributed by atoms with Gasteiger partial charge in [-0.25, -0.2) is 4.68 Å². The van der Waals surface area contributed by atoms with Gasteiger partial charge >= 0.3 is 0 Å². The van der Waals surface area contributed by atoms with Crippen LogP contribution in [0.2, 0.25) is 0 Å². The van der Waals surface area contributed by atoms with Crippen molar-refractivity contribution < 1.29 is 19.1 Å². The van der Waals surface area contributed by atoms with Crippen LogP contribution in [-0.4, -0.2) is 40.0 Å². The number of hydrogen-bond donors (Lipinski definition) is 2. The number of nitrogens with zero attached hydrogens (tertiary/aromatic N) is 3. The molecule has 9 heteroatoms. The minimum Gasteiger partial charge on any atom is -0.486 e. The zero-order valence-electron chi connectivity index (χ0n) is 17.6. The van der Waals surface area contributed by atoms with Gasteiger partial charge in [-0.15, -0.1) is 5.10 Å². The first-order valence-electron chi connectivity index (χ1n) is 9.89. The summed E-state index contributed by atoms with van der Waals surface area (Å²) in [5.74, 6) is 0.566. The summed E-state index contributed by atoms with van der Waals surface area (Å²) in [5.41, 5.74) is 4.03. The fraction of sp³-hybridized carbons (Fsp3) is 0.273. The highest BCUT2D eigenvalue weighted by atomic mass is 16.6. The quantitative estimate of drug-likeness (QED) is 0.656. The fourth-order valence-electron chi connectivity index (χ4n) is 3.31. The van der Waals surface area contributed by atoms with Gasteiger partial charge in [0.2, 0.25) is 5.91 Å². The highest BCUT2D eigenvalue weighted by Gasteiger charge is 2.19. The first-order valence-corrected chi connectivity index (χ1v) is 9.89. The second-order valence-corrected chi connectivity index (χ2v) is 7.36. The second-order valence-electron chi connectivity index (χ2n) is 7.36. The lowest BCUT2D eigenvalue weighted by Crippen LogP contribution is -2.21. The highest BCUT2D eigenvalue weighted by molar-refractivity contribution is 6.04. The third kappa shape index (κ3) is 4.50. The Hall–Kier alpha value is -3.88. The van der Waals surface area contributed by atoms with E-state index >= 15 is 0 Å². The molecule has 0 saturated heterocycles. The SMILES string of the molecule is Cc1ccc(NC(=O)c2nnn(CC(=O)Nc3ccc4c(c3)OCCO4)c2C)c(C)c1. The van der Waals surface area contributed by atoms with Crippen LogP contribution in [0.15, 0.2) is 36.4 Å². The van der Waals surface area contributed by atoms with Gasteiger partial charge < -0.3 is 20.1 Å². The van der Waals surface area contributed by atoms with Crippen LogP contribution < -0.4 is 20.1 Å². The van der Waals surface area contributed by atoms with Crippen LogP contribution in [0.3, 0.4) is 0 Å². The molecule has 160 valence electrons. The Kier molecular flexibility index (Phi) is 5.57. The maximum atomic E-state index is 12.6. The molecule has 1 aromatic heterocycles. The molecule has 0 unspecified atom stereocenters. The number of hydrogen-bond acceptors (Lipinski definition) is 6. The normalized spacial score (nSPS) is 12.4. The van der Waals surface area contributed by atoms with Crippen molar-refractivity contribution in [1.82, 2.24) is 15.0 Å². The summed E-state index contributed by atoms with van der Waals surface area (Å²) >= 11 is 0. The summed E-state index contributed by atoms with van der Waals surface area (Å²) in [5, 5.41) is 13.6. The van der Waals surface area contributed by atoms with E-state index in [2.05, 4.69) is 20.9 Å². The lowest BCUT2D eigenvalue weighted by molar-refractivity contribution is -0.117. The molecule has 0 bridgehead atoms. The zero-order chi connectivity index (χ0) is 22.0. The average Bonchev–Trinajstić information content (AvgIpc) is 3.10. The molecule has 0 aliphatic carbocycles. The van der Waals surface area contributed by atoms with Gasteiger partial charge in [-0.3, -0.25) is 9.59 Å². The lowest BCUT2D eigenvalue weighted by atomic mass is 10.1. The number of carbonyl (C=O) groups excluding carboxylic acids is 2. The fourth-order valence-corrected chi connectivity index (χ4v) is 3.31. The average molecular weight is 421 g/mol. The second kappa shape index (κ2) is 8.47. The summed E-state index contributed by atoms with van der Waals surface area (Å²) < 4.78 is 12.4. The molecule has 0 fully saturated rings. The van der Waals surface area contributed by atoms with Gasteiger partial charge in [-0.05, 0) is 44.5 Å². The van der Waals surface area contributed by atoms with Crippen LogP contribution >= 0.6 is 0 Å². The van der Waals surface area contributed by atoms with Crippen molar-refractivity contribution in [2.24, 2.45) is 0 Å². The molecule has 0 saturated carbocycles. The standard InChI is InChI=1S/C22H23N5O4/c1-13-4-6-17(14(2)10-13)24-22(29)21-15(3)27(26-25-21)12-20(28)23-16-5-7-18-19(11-16)31-9-8-30-18/h4-7,10-11H,8-9,12H2,1-3H3,(H,23,28)(H,24,29). The van der Waals surface area contributed by atoms with E-state index < -0.39 is 0 Å². The van der Waals surface area contributed by atoms with Gasteiger partial charge in [0.15, 0.2) is 17.2 Å². The number of carbonyl (C=O) groups is 2. The topological polar surface area (TPSA) is 107 Å². The molecule has 0 spiro atoms. The molecule has 2 heterocycles. The maximum absolute atomic E-state index is 12.6. The van der Waals surface area contributed by atoms with E-state index in [4.69, 9.17) is 9.47 Å². The number of benzene rings is 2. The lowest BCUT2D eigenvalue weighted by Gasteiger charge is -2.19. The van der Waals surface area contributed by atoms with Crippen LogP contribution in [0.25, 0.3) is 0 Å².